The van der Waals surface area contributed by atoms with E-state index in [4.69, 9.17) is 0 Å². The largest absolute Gasteiger partial charge is 0.480 e. The highest BCUT2D eigenvalue weighted by molar-refractivity contribution is 8.00. The van der Waals surface area contributed by atoms with E-state index in [2.05, 4.69) is 9.97 Å². The van der Waals surface area contributed by atoms with Gasteiger partial charge in [-0.25, -0.2) is 4.98 Å². The van der Waals surface area contributed by atoms with Crippen LogP contribution in [0.4, 0.5) is 0 Å². The van der Waals surface area contributed by atoms with Gasteiger partial charge < -0.3 is 10.1 Å². The van der Waals surface area contributed by atoms with Gasteiger partial charge in [0.05, 0.1) is 0 Å². The molecule has 3 rings (SSSR count). The third-order valence-electron chi connectivity index (χ3n) is 3.79. The van der Waals surface area contributed by atoms with Crippen molar-refractivity contribution in [2.24, 2.45) is 0 Å². The van der Waals surface area contributed by atoms with Crippen LogP contribution in [0.5, 0.6) is 0 Å². The average molecular weight is 331 g/mol. The van der Waals surface area contributed by atoms with Crippen molar-refractivity contribution in [3.05, 3.63) is 34.6 Å². The third kappa shape index (κ3) is 2.61. The lowest BCUT2D eigenvalue weighted by Crippen LogP contribution is -2.24. The molecule has 0 unspecified atom stereocenters. The number of benzene rings is 1. The second kappa shape index (κ2) is 6.08. The molecule has 0 bridgehead atoms. The molecule has 2 aromatic heterocycles. The molecule has 23 heavy (non-hydrogen) atoms. The Bertz CT molecular complexity index is 945. The number of para-hydroxylation sites is 1. The number of H-pyrrole nitrogens is 1. The molecule has 0 amide bonds. The summed E-state index contributed by atoms with van der Waals surface area (Å²) in [5, 5.41) is 9.96. The first kappa shape index (κ1) is 15.6. The summed E-state index contributed by atoms with van der Waals surface area (Å²) >= 11 is 1.13. The zero-order chi connectivity index (χ0) is 16.6. The number of hydrogen-bond donors (Lipinski definition) is 2. The van der Waals surface area contributed by atoms with Crippen LogP contribution in [0, 0.1) is 0 Å². The van der Waals surface area contributed by atoms with Gasteiger partial charge in [-0.2, -0.15) is 0 Å². The summed E-state index contributed by atoms with van der Waals surface area (Å²) in [4.78, 5) is 31.7. The summed E-state index contributed by atoms with van der Waals surface area (Å²) in [7, 11) is 0. The molecule has 2 heterocycles. The summed E-state index contributed by atoms with van der Waals surface area (Å²) in [5.41, 5.74) is 1.73. The van der Waals surface area contributed by atoms with Crippen LogP contribution in [0.2, 0.25) is 0 Å². The van der Waals surface area contributed by atoms with Crippen molar-refractivity contribution >= 4 is 39.7 Å². The molecule has 2 N–H and O–H groups in total. The van der Waals surface area contributed by atoms with Gasteiger partial charge in [-0.1, -0.05) is 36.9 Å². The predicted octanol–water partition coefficient (Wildman–Crippen LogP) is 2.85. The maximum Gasteiger partial charge on any atom is 0.317 e. The Morgan fingerprint density at radius 1 is 1.39 bits per heavy atom. The van der Waals surface area contributed by atoms with Gasteiger partial charge in [0.25, 0.3) is 5.56 Å². The highest BCUT2D eigenvalue weighted by Gasteiger charge is 2.21. The standard InChI is InChI=1S/C16H17N3O3S/c1-3-11(15(21)22)23-16-18-12-9-7-5-6-8-10(9)17-13(12)14(20)19(16)4-2/h5-8,11,17H,3-4H2,1-2H3,(H,21,22)/t11-/m1/s1. The second-order valence-electron chi connectivity index (χ2n) is 5.19. The van der Waals surface area contributed by atoms with Gasteiger partial charge in [-0.05, 0) is 19.4 Å². The summed E-state index contributed by atoms with van der Waals surface area (Å²) in [6.07, 6.45) is 0.464. The van der Waals surface area contributed by atoms with Crippen LogP contribution in [-0.2, 0) is 11.3 Å². The predicted molar refractivity (Wildman–Crippen MR) is 91.1 cm³/mol. The van der Waals surface area contributed by atoms with Crippen LogP contribution in [0.3, 0.4) is 0 Å². The summed E-state index contributed by atoms with van der Waals surface area (Å²) in [6.45, 7) is 4.10. The highest BCUT2D eigenvalue weighted by Crippen LogP contribution is 2.27. The number of aromatic amines is 1. The SMILES string of the molecule is CC[C@@H](Sc1nc2c([nH]c3ccccc32)c(=O)n1CC)C(=O)O. The first-order chi connectivity index (χ1) is 11.1. The van der Waals surface area contributed by atoms with Crippen molar-refractivity contribution in [1.29, 1.82) is 0 Å². The molecule has 0 radical (unpaired) electrons. The Morgan fingerprint density at radius 2 is 2.13 bits per heavy atom. The van der Waals surface area contributed by atoms with Crippen molar-refractivity contribution in [1.82, 2.24) is 14.5 Å². The maximum absolute atomic E-state index is 12.7. The van der Waals surface area contributed by atoms with E-state index in [1.807, 2.05) is 38.1 Å². The number of aliphatic carboxylic acids is 1. The summed E-state index contributed by atoms with van der Waals surface area (Å²) in [6, 6.07) is 7.58. The van der Waals surface area contributed by atoms with Crippen LogP contribution < -0.4 is 5.56 Å². The zero-order valence-corrected chi connectivity index (χ0v) is 13.7. The van der Waals surface area contributed by atoms with E-state index < -0.39 is 11.2 Å². The highest BCUT2D eigenvalue weighted by atomic mass is 32.2. The number of thioether (sulfide) groups is 1. The molecule has 7 heteroatoms. The van der Waals surface area contributed by atoms with E-state index in [9.17, 15) is 14.7 Å². The molecule has 1 aromatic carbocycles. The number of nitrogens with zero attached hydrogens (tertiary/aromatic N) is 2. The molecule has 6 nitrogen and oxygen atoms in total. The third-order valence-corrected chi connectivity index (χ3v) is 5.13. The number of carboxylic acid groups (broad SMARTS) is 1. The van der Waals surface area contributed by atoms with E-state index in [0.29, 0.717) is 29.2 Å². The lowest BCUT2D eigenvalue weighted by atomic mass is 10.2. The molecule has 0 aliphatic carbocycles. The lowest BCUT2D eigenvalue weighted by Gasteiger charge is -2.13. The normalized spacial score (nSPS) is 12.8. The molecular weight excluding hydrogens is 314 g/mol. The number of carboxylic acids is 1. The number of hydrogen-bond acceptors (Lipinski definition) is 4. The Kier molecular flexibility index (Phi) is 4.12. The van der Waals surface area contributed by atoms with Gasteiger partial charge in [0, 0.05) is 17.4 Å². The fourth-order valence-electron chi connectivity index (χ4n) is 2.58. The smallest absolute Gasteiger partial charge is 0.317 e. The van der Waals surface area contributed by atoms with E-state index in [-0.39, 0.29) is 5.56 Å². The topological polar surface area (TPSA) is 88.0 Å². The van der Waals surface area contributed by atoms with Gasteiger partial charge in [-0.3, -0.25) is 14.2 Å². The fourth-order valence-corrected chi connectivity index (χ4v) is 3.59. The van der Waals surface area contributed by atoms with E-state index >= 15 is 0 Å². The molecule has 3 aromatic rings. The van der Waals surface area contributed by atoms with Crippen molar-refractivity contribution in [2.45, 2.75) is 37.2 Å². The molecule has 1 atom stereocenters. The molecule has 0 aliphatic rings. The monoisotopic (exact) mass is 331 g/mol. The molecule has 0 saturated heterocycles. The number of nitrogens with one attached hydrogen (secondary N) is 1. The van der Waals surface area contributed by atoms with E-state index in [1.54, 1.807) is 0 Å². The molecule has 0 fully saturated rings. The van der Waals surface area contributed by atoms with Gasteiger partial charge in [0.15, 0.2) is 5.16 Å². The molecule has 0 spiro atoms. The van der Waals surface area contributed by atoms with Crippen molar-refractivity contribution in [3.63, 3.8) is 0 Å². The quantitative estimate of drug-likeness (QED) is 0.554. The van der Waals surface area contributed by atoms with Crippen LogP contribution in [0.1, 0.15) is 20.3 Å². The van der Waals surface area contributed by atoms with Crippen molar-refractivity contribution in [2.75, 3.05) is 0 Å². The van der Waals surface area contributed by atoms with Crippen LogP contribution in [0.25, 0.3) is 21.9 Å². The lowest BCUT2D eigenvalue weighted by molar-refractivity contribution is -0.136. The molecule has 120 valence electrons. The molecule has 0 aliphatic heterocycles. The van der Waals surface area contributed by atoms with Gasteiger partial charge in [0.2, 0.25) is 0 Å². The Labute approximate surface area is 136 Å². The number of carbonyl (C=O) groups is 1. The van der Waals surface area contributed by atoms with Crippen LogP contribution in [0.15, 0.2) is 34.2 Å². The van der Waals surface area contributed by atoms with Crippen LogP contribution >= 0.6 is 11.8 Å². The molecule has 0 saturated carbocycles. The second-order valence-corrected chi connectivity index (χ2v) is 6.36. The fraction of sp³-hybridized carbons (Fsp3) is 0.312. The minimum Gasteiger partial charge on any atom is -0.480 e. The molecular formula is C16H17N3O3S. The minimum absolute atomic E-state index is 0.170. The Balaban J connectivity index is 2.26. The minimum atomic E-state index is -0.895. The van der Waals surface area contributed by atoms with E-state index in [0.717, 1.165) is 22.7 Å². The number of aromatic nitrogens is 3. The summed E-state index contributed by atoms with van der Waals surface area (Å²) < 4.78 is 1.52. The Morgan fingerprint density at radius 3 is 2.78 bits per heavy atom. The zero-order valence-electron chi connectivity index (χ0n) is 12.9. The maximum atomic E-state index is 12.7. The van der Waals surface area contributed by atoms with Gasteiger partial charge in [-0.15, -0.1) is 0 Å². The first-order valence-electron chi connectivity index (χ1n) is 7.47. The summed E-state index contributed by atoms with van der Waals surface area (Å²) in [5.74, 6) is -0.895. The van der Waals surface area contributed by atoms with Gasteiger partial charge in [0.1, 0.15) is 16.3 Å². The Hall–Kier alpha value is -2.28. The van der Waals surface area contributed by atoms with Crippen molar-refractivity contribution < 1.29 is 9.90 Å². The average Bonchev–Trinajstić information content (AvgIpc) is 2.91. The first-order valence-corrected chi connectivity index (χ1v) is 8.35. The van der Waals surface area contributed by atoms with E-state index in [1.165, 1.54) is 4.57 Å². The van der Waals surface area contributed by atoms with Gasteiger partial charge >= 0.3 is 5.97 Å². The van der Waals surface area contributed by atoms with Crippen molar-refractivity contribution in [3.8, 4) is 0 Å². The number of fused-ring (bicyclic) bond motifs is 3. The van der Waals surface area contributed by atoms with Crippen LogP contribution in [-0.4, -0.2) is 30.9 Å². The number of rotatable bonds is 5.